The third-order valence-corrected chi connectivity index (χ3v) is 3.34. The number of hydrogen-bond acceptors (Lipinski definition) is 4. The van der Waals surface area contributed by atoms with Crippen LogP contribution in [-0.4, -0.2) is 31.5 Å². The van der Waals surface area contributed by atoms with Crippen molar-refractivity contribution in [1.82, 2.24) is 0 Å². The van der Waals surface area contributed by atoms with E-state index in [4.69, 9.17) is 14.6 Å². The Hall–Kier alpha value is -0.860. The van der Waals surface area contributed by atoms with E-state index in [1.807, 2.05) is 12.1 Å². The maximum atomic E-state index is 8.64. The molecule has 1 aromatic heterocycles. The van der Waals surface area contributed by atoms with Crippen molar-refractivity contribution in [2.75, 3.05) is 26.4 Å². The molecule has 0 amide bonds. The molecule has 0 aliphatic carbocycles. The Balaban J connectivity index is 2.11. The van der Waals surface area contributed by atoms with Crippen LogP contribution in [0.2, 0.25) is 0 Å². The number of rotatable bonds is 9. The van der Waals surface area contributed by atoms with Gasteiger partial charge in [-0.05, 0) is 18.6 Å². The van der Waals surface area contributed by atoms with Crippen LogP contribution in [0.25, 0.3) is 0 Å². The van der Waals surface area contributed by atoms with Crippen molar-refractivity contribution in [3.05, 3.63) is 21.9 Å². The number of unbranched alkanes of at least 4 members (excludes halogenated alkanes) is 1. The van der Waals surface area contributed by atoms with Crippen LogP contribution in [0.15, 0.2) is 12.1 Å². The average molecular weight is 282 g/mol. The van der Waals surface area contributed by atoms with Gasteiger partial charge in [-0.1, -0.05) is 25.2 Å². The Bertz CT molecular complexity index is 390. The van der Waals surface area contributed by atoms with Crippen LogP contribution in [0.3, 0.4) is 0 Å². The van der Waals surface area contributed by atoms with Crippen molar-refractivity contribution >= 4 is 11.3 Å². The van der Waals surface area contributed by atoms with Crippen molar-refractivity contribution in [2.24, 2.45) is 0 Å². The van der Waals surface area contributed by atoms with Gasteiger partial charge in [-0.25, -0.2) is 0 Å². The molecule has 0 aliphatic heterocycles. The van der Waals surface area contributed by atoms with Crippen LogP contribution in [-0.2, 0) is 16.1 Å². The number of hydrogen-bond donors (Lipinski definition) is 1. The predicted molar refractivity (Wildman–Crippen MR) is 78.3 cm³/mol. The molecule has 0 bridgehead atoms. The third kappa shape index (κ3) is 8.02. The molecule has 0 aliphatic rings. The van der Waals surface area contributed by atoms with Crippen LogP contribution in [0, 0.1) is 11.8 Å². The lowest BCUT2D eigenvalue weighted by molar-refractivity contribution is 0.0406. The zero-order valence-corrected chi connectivity index (χ0v) is 12.3. The molecule has 3 nitrogen and oxygen atoms in total. The van der Waals surface area contributed by atoms with E-state index in [2.05, 4.69) is 18.8 Å². The highest BCUT2D eigenvalue weighted by molar-refractivity contribution is 7.12. The SMILES string of the molecule is CCCCOCCOCc1ccc(C#CCCO)s1. The van der Waals surface area contributed by atoms with E-state index < -0.39 is 0 Å². The summed E-state index contributed by atoms with van der Waals surface area (Å²) in [7, 11) is 0. The number of ether oxygens (including phenoxy) is 2. The van der Waals surface area contributed by atoms with Gasteiger partial charge in [0.2, 0.25) is 0 Å². The Kier molecular flexibility index (Phi) is 9.38. The van der Waals surface area contributed by atoms with E-state index in [-0.39, 0.29) is 6.61 Å². The molecule has 0 spiro atoms. The Labute approximate surface area is 119 Å². The molecule has 0 saturated carbocycles. The van der Waals surface area contributed by atoms with E-state index in [1.54, 1.807) is 11.3 Å². The van der Waals surface area contributed by atoms with Gasteiger partial charge in [0, 0.05) is 17.9 Å². The van der Waals surface area contributed by atoms with Gasteiger partial charge in [-0.2, -0.15) is 0 Å². The van der Waals surface area contributed by atoms with Crippen LogP contribution in [0.1, 0.15) is 35.9 Å². The highest BCUT2D eigenvalue weighted by Crippen LogP contribution is 2.16. The second kappa shape index (κ2) is 11.0. The summed E-state index contributed by atoms with van der Waals surface area (Å²) in [5, 5.41) is 8.64. The van der Waals surface area contributed by atoms with Crippen molar-refractivity contribution in [3.63, 3.8) is 0 Å². The second-order valence-electron chi connectivity index (χ2n) is 4.06. The first-order chi connectivity index (χ1) is 9.36. The molecule has 0 saturated heterocycles. The highest BCUT2D eigenvalue weighted by Gasteiger charge is 1.98. The Morgan fingerprint density at radius 3 is 2.84 bits per heavy atom. The first-order valence-electron chi connectivity index (χ1n) is 6.70. The molecule has 0 atom stereocenters. The summed E-state index contributed by atoms with van der Waals surface area (Å²) in [5.41, 5.74) is 0. The minimum Gasteiger partial charge on any atom is -0.395 e. The second-order valence-corrected chi connectivity index (χ2v) is 5.23. The van der Waals surface area contributed by atoms with Crippen molar-refractivity contribution < 1.29 is 14.6 Å². The highest BCUT2D eigenvalue weighted by atomic mass is 32.1. The molecular formula is C15H22O3S. The van der Waals surface area contributed by atoms with Gasteiger partial charge in [0.25, 0.3) is 0 Å². The number of thiophene rings is 1. The molecule has 1 heterocycles. The summed E-state index contributed by atoms with van der Waals surface area (Å²) >= 11 is 1.63. The molecule has 4 heteroatoms. The fourth-order valence-electron chi connectivity index (χ4n) is 1.37. The fraction of sp³-hybridized carbons (Fsp3) is 0.600. The van der Waals surface area contributed by atoms with Crippen LogP contribution in [0.5, 0.6) is 0 Å². The van der Waals surface area contributed by atoms with Gasteiger partial charge >= 0.3 is 0 Å². The van der Waals surface area contributed by atoms with E-state index in [0.717, 1.165) is 24.3 Å². The number of aliphatic hydroxyl groups is 1. The van der Waals surface area contributed by atoms with Crippen LogP contribution >= 0.6 is 11.3 Å². The molecule has 0 radical (unpaired) electrons. The van der Waals surface area contributed by atoms with E-state index >= 15 is 0 Å². The molecule has 0 fully saturated rings. The van der Waals surface area contributed by atoms with Gasteiger partial charge in [0.15, 0.2) is 0 Å². The monoisotopic (exact) mass is 282 g/mol. The summed E-state index contributed by atoms with van der Waals surface area (Å²) < 4.78 is 11.0. The van der Waals surface area contributed by atoms with Crippen LogP contribution in [0.4, 0.5) is 0 Å². The molecule has 19 heavy (non-hydrogen) atoms. The lowest BCUT2D eigenvalue weighted by Gasteiger charge is -2.03. The molecule has 1 N–H and O–H groups in total. The minimum absolute atomic E-state index is 0.117. The molecule has 1 aromatic rings. The quantitative estimate of drug-likeness (QED) is 0.559. The summed E-state index contributed by atoms with van der Waals surface area (Å²) in [4.78, 5) is 2.19. The van der Waals surface area contributed by atoms with Gasteiger partial charge < -0.3 is 14.6 Å². The fourth-order valence-corrected chi connectivity index (χ4v) is 2.19. The standard InChI is InChI=1S/C15H22O3S/c1-2-3-10-17-11-12-18-13-15-8-7-14(19-15)6-4-5-9-16/h7-8,16H,2-3,5,9-13H2,1H3. The maximum absolute atomic E-state index is 8.64. The first kappa shape index (κ1) is 16.2. The smallest absolute Gasteiger partial charge is 0.0810 e. The van der Waals surface area contributed by atoms with Gasteiger partial charge in [0.05, 0.1) is 31.3 Å². The Morgan fingerprint density at radius 2 is 2.05 bits per heavy atom. The lowest BCUT2D eigenvalue weighted by Crippen LogP contribution is -2.04. The summed E-state index contributed by atoms with van der Waals surface area (Å²) in [5.74, 6) is 5.93. The lowest BCUT2D eigenvalue weighted by atomic mass is 10.4. The van der Waals surface area contributed by atoms with Gasteiger partial charge in [-0.3, -0.25) is 0 Å². The van der Waals surface area contributed by atoms with Gasteiger partial charge in [0.1, 0.15) is 0 Å². The van der Waals surface area contributed by atoms with Crippen molar-refractivity contribution in [2.45, 2.75) is 32.8 Å². The summed E-state index contributed by atoms with van der Waals surface area (Å²) in [6.07, 6.45) is 2.80. The molecule has 0 unspecified atom stereocenters. The average Bonchev–Trinajstić information content (AvgIpc) is 2.86. The minimum atomic E-state index is 0.117. The van der Waals surface area contributed by atoms with E-state index in [1.165, 1.54) is 4.88 Å². The molecular weight excluding hydrogens is 260 g/mol. The molecule has 1 rings (SSSR count). The Morgan fingerprint density at radius 1 is 1.21 bits per heavy atom. The maximum Gasteiger partial charge on any atom is 0.0810 e. The first-order valence-corrected chi connectivity index (χ1v) is 7.52. The zero-order valence-electron chi connectivity index (χ0n) is 11.5. The van der Waals surface area contributed by atoms with E-state index in [9.17, 15) is 0 Å². The van der Waals surface area contributed by atoms with Crippen LogP contribution < -0.4 is 0 Å². The zero-order chi connectivity index (χ0) is 13.8. The largest absolute Gasteiger partial charge is 0.395 e. The van der Waals surface area contributed by atoms with Crippen molar-refractivity contribution in [1.29, 1.82) is 0 Å². The third-order valence-electron chi connectivity index (χ3n) is 2.37. The molecule has 0 aromatic carbocycles. The number of aliphatic hydroxyl groups excluding tert-OH is 1. The van der Waals surface area contributed by atoms with Crippen molar-refractivity contribution in [3.8, 4) is 11.8 Å². The predicted octanol–water partition coefficient (Wildman–Crippen LogP) is 2.82. The summed E-state index contributed by atoms with van der Waals surface area (Å²) in [6.45, 7) is 5.00. The van der Waals surface area contributed by atoms with E-state index in [0.29, 0.717) is 26.2 Å². The normalized spacial score (nSPS) is 10.2. The molecule has 106 valence electrons. The topological polar surface area (TPSA) is 38.7 Å². The summed E-state index contributed by atoms with van der Waals surface area (Å²) in [6, 6.07) is 4.02. The van der Waals surface area contributed by atoms with Gasteiger partial charge in [-0.15, -0.1) is 11.3 Å².